The van der Waals surface area contributed by atoms with Gasteiger partial charge in [-0.1, -0.05) is 6.07 Å². The van der Waals surface area contributed by atoms with Gasteiger partial charge in [0.25, 0.3) is 0 Å². The van der Waals surface area contributed by atoms with Crippen molar-refractivity contribution in [3.8, 4) is 28.7 Å². The van der Waals surface area contributed by atoms with Crippen LogP contribution in [0.5, 0.6) is 28.7 Å². The summed E-state index contributed by atoms with van der Waals surface area (Å²) in [6.07, 6.45) is -2.46. The molecule has 0 fully saturated rings. The number of phenols is 3. The summed E-state index contributed by atoms with van der Waals surface area (Å²) in [5.41, 5.74) is 0.152. The van der Waals surface area contributed by atoms with Crippen LogP contribution in [0.1, 0.15) is 28.9 Å². The van der Waals surface area contributed by atoms with Crippen molar-refractivity contribution in [2.24, 2.45) is 0 Å². The number of methoxy groups -OCH3 is 1. The van der Waals surface area contributed by atoms with E-state index in [0.717, 1.165) is 13.0 Å². The highest BCUT2D eigenvalue weighted by Gasteiger charge is 2.42. The van der Waals surface area contributed by atoms with Crippen molar-refractivity contribution < 1.29 is 39.1 Å². The fraction of sp³-hybridized carbons (Fsp3) is 0.222. The molecule has 0 spiro atoms. The Morgan fingerprint density at radius 1 is 1.12 bits per heavy atom. The number of ether oxygens (including phenoxy) is 3. The van der Waals surface area contributed by atoms with Gasteiger partial charge in [-0.05, 0) is 12.1 Å². The zero-order valence-corrected chi connectivity index (χ0v) is 13.9. The van der Waals surface area contributed by atoms with Crippen molar-refractivity contribution in [2.75, 3.05) is 7.11 Å². The summed E-state index contributed by atoms with van der Waals surface area (Å²) in [5.74, 6) is -2.20. The minimum atomic E-state index is -1.37. The first-order chi connectivity index (χ1) is 12.3. The Morgan fingerprint density at radius 3 is 2.46 bits per heavy atom. The summed E-state index contributed by atoms with van der Waals surface area (Å²) in [5, 5.41) is 29.6. The van der Waals surface area contributed by atoms with Crippen molar-refractivity contribution in [2.45, 2.75) is 19.1 Å². The summed E-state index contributed by atoms with van der Waals surface area (Å²) in [7, 11) is 1.39. The van der Waals surface area contributed by atoms with Crippen LogP contribution in [0.25, 0.3) is 0 Å². The number of fused-ring (bicyclic) bond motifs is 1. The average Bonchev–Trinajstić information content (AvgIpc) is 2.56. The fourth-order valence-electron chi connectivity index (χ4n) is 2.83. The number of aromatic hydroxyl groups is 3. The van der Waals surface area contributed by atoms with Crippen LogP contribution >= 0.6 is 0 Å². The molecular formula is C18H16O8. The van der Waals surface area contributed by atoms with Crippen LogP contribution in [0.3, 0.4) is 0 Å². The molecule has 1 heterocycles. The molecule has 0 saturated carbocycles. The van der Waals surface area contributed by atoms with Crippen molar-refractivity contribution >= 4 is 11.8 Å². The summed E-state index contributed by atoms with van der Waals surface area (Å²) in [6, 6.07) is 6.50. The van der Waals surface area contributed by atoms with Crippen LogP contribution < -0.4 is 9.47 Å². The van der Waals surface area contributed by atoms with Gasteiger partial charge in [0.1, 0.15) is 22.8 Å². The maximum absolute atomic E-state index is 12.8. The van der Waals surface area contributed by atoms with E-state index >= 15 is 0 Å². The zero-order valence-electron chi connectivity index (χ0n) is 13.9. The van der Waals surface area contributed by atoms with Crippen molar-refractivity contribution in [1.29, 1.82) is 0 Å². The van der Waals surface area contributed by atoms with Gasteiger partial charge in [0.15, 0.2) is 17.6 Å². The van der Waals surface area contributed by atoms with E-state index in [9.17, 15) is 24.9 Å². The van der Waals surface area contributed by atoms with Crippen molar-refractivity contribution in [3.05, 3.63) is 41.5 Å². The molecule has 0 unspecified atom stereocenters. The number of Topliss-reactive ketones (excluding diaryl/α,β-unsaturated/α-hetero) is 1. The highest BCUT2D eigenvalue weighted by atomic mass is 16.6. The zero-order chi connectivity index (χ0) is 19.0. The molecule has 2 aromatic rings. The number of hydrogen-bond acceptors (Lipinski definition) is 8. The second-order valence-corrected chi connectivity index (χ2v) is 5.70. The van der Waals surface area contributed by atoms with E-state index in [4.69, 9.17) is 14.2 Å². The van der Waals surface area contributed by atoms with Crippen LogP contribution in [0, 0.1) is 0 Å². The molecule has 8 heteroatoms. The molecule has 0 aliphatic carbocycles. The maximum Gasteiger partial charge on any atom is 0.303 e. The molecule has 2 atom stereocenters. The first-order valence-electron chi connectivity index (χ1n) is 7.62. The Morgan fingerprint density at radius 2 is 1.85 bits per heavy atom. The van der Waals surface area contributed by atoms with Crippen molar-refractivity contribution in [3.63, 3.8) is 0 Å². The van der Waals surface area contributed by atoms with Gasteiger partial charge >= 0.3 is 5.97 Å². The largest absolute Gasteiger partial charge is 0.508 e. The normalized spacial score (nSPS) is 18.6. The lowest BCUT2D eigenvalue weighted by Gasteiger charge is -2.32. The Balaban J connectivity index is 2.11. The van der Waals surface area contributed by atoms with Gasteiger partial charge in [0.2, 0.25) is 11.9 Å². The summed E-state index contributed by atoms with van der Waals surface area (Å²) < 4.78 is 15.8. The first-order valence-corrected chi connectivity index (χ1v) is 7.62. The highest BCUT2D eigenvalue weighted by molar-refractivity contribution is 6.06. The number of carbonyl (C=O) groups excluding carboxylic acids is 2. The number of esters is 1. The molecule has 0 radical (unpaired) electrons. The van der Waals surface area contributed by atoms with Gasteiger partial charge in [-0.25, -0.2) is 0 Å². The van der Waals surface area contributed by atoms with E-state index in [-0.39, 0.29) is 28.6 Å². The lowest BCUT2D eigenvalue weighted by molar-refractivity contribution is -0.148. The molecule has 8 nitrogen and oxygen atoms in total. The van der Waals surface area contributed by atoms with Gasteiger partial charge in [-0.3, -0.25) is 9.59 Å². The topological polar surface area (TPSA) is 123 Å². The van der Waals surface area contributed by atoms with E-state index in [2.05, 4.69) is 0 Å². The minimum absolute atomic E-state index is 0.0591. The Bertz CT molecular complexity index is 889. The fourth-order valence-corrected chi connectivity index (χ4v) is 2.83. The number of hydrogen-bond donors (Lipinski definition) is 3. The number of ketones is 1. The van der Waals surface area contributed by atoms with E-state index in [1.807, 2.05) is 0 Å². The third-order valence-corrected chi connectivity index (χ3v) is 3.92. The van der Waals surface area contributed by atoms with Crippen LogP contribution in [0.4, 0.5) is 0 Å². The second kappa shape index (κ2) is 6.47. The second-order valence-electron chi connectivity index (χ2n) is 5.70. The third kappa shape index (κ3) is 2.97. The van der Waals surface area contributed by atoms with Crippen LogP contribution in [0.2, 0.25) is 0 Å². The monoisotopic (exact) mass is 360 g/mol. The van der Waals surface area contributed by atoms with Gasteiger partial charge < -0.3 is 29.5 Å². The van der Waals surface area contributed by atoms with E-state index in [0.29, 0.717) is 5.56 Å². The summed E-state index contributed by atoms with van der Waals surface area (Å²) >= 11 is 0. The molecule has 3 N–H and O–H groups in total. The lowest BCUT2D eigenvalue weighted by atomic mass is 9.92. The van der Waals surface area contributed by atoms with Crippen LogP contribution in [-0.4, -0.2) is 40.3 Å². The quantitative estimate of drug-likeness (QED) is 0.711. The number of benzene rings is 2. The predicted molar refractivity (Wildman–Crippen MR) is 87.7 cm³/mol. The molecule has 3 rings (SSSR count). The summed E-state index contributed by atoms with van der Waals surface area (Å²) in [4.78, 5) is 24.2. The minimum Gasteiger partial charge on any atom is -0.508 e. The van der Waals surface area contributed by atoms with E-state index in [1.54, 1.807) is 6.07 Å². The van der Waals surface area contributed by atoms with Crippen LogP contribution in [-0.2, 0) is 9.53 Å². The standard InChI is InChI=1S/C18H16O8/c1-8(19)25-18-16(23)15-12(22)6-10(20)7-14(15)26-17(18)9-3-4-13(24-2)11(21)5-9/h3-7,17-18,20-22H,1-2H3/t17-,18+/m1/s1. The molecule has 0 amide bonds. The van der Waals surface area contributed by atoms with Crippen LogP contribution in [0.15, 0.2) is 30.3 Å². The molecule has 136 valence electrons. The van der Waals surface area contributed by atoms with Crippen molar-refractivity contribution in [1.82, 2.24) is 0 Å². The molecule has 0 saturated heterocycles. The molecule has 0 bridgehead atoms. The average molecular weight is 360 g/mol. The molecule has 2 aromatic carbocycles. The van der Waals surface area contributed by atoms with Gasteiger partial charge in [0.05, 0.1) is 7.11 Å². The smallest absolute Gasteiger partial charge is 0.303 e. The molecule has 0 aromatic heterocycles. The predicted octanol–water partition coefficient (Wildman–Crippen LogP) is 2.06. The molecule has 26 heavy (non-hydrogen) atoms. The number of rotatable bonds is 3. The molecule has 1 aliphatic heterocycles. The maximum atomic E-state index is 12.8. The van der Waals surface area contributed by atoms with E-state index < -0.39 is 29.7 Å². The lowest BCUT2D eigenvalue weighted by Crippen LogP contribution is -2.39. The van der Waals surface area contributed by atoms with Gasteiger partial charge in [-0.15, -0.1) is 0 Å². The van der Waals surface area contributed by atoms with E-state index in [1.165, 1.54) is 25.3 Å². The highest BCUT2D eigenvalue weighted by Crippen LogP contribution is 2.43. The Hall–Kier alpha value is -3.42. The first kappa shape index (κ1) is 17.4. The summed E-state index contributed by atoms with van der Waals surface area (Å²) in [6.45, 7) is 1.14. The Labute approximate surface area is 148 Å². The number of carbonyl (C=O) groups is 2. The molecule has 1 aliphatic rings. The molecular weight excluding hydrogens is 344 g/mol. The van der Waals surface area contributed by atoms with Gasteiger partial charge in [0, 0.05) is 24.6 Å². The van der Waals surface area contributed by atoms with Gasteiger partial charge in [-0.2, -0.15) is 0 Å². The SMILES string of the molecule is COc1ccc([C@H]2Oc3cc(O)cc(O)c3C(=O)[C@@H]2OC(C)=O)cc1O. The number of phenolic OH excluding ortho intramolecular Hbond substituents is 3. The third-order valence-electron chi connectivity index (χ3n) is 3.92. The Kier molecular flexibility index (Phi) is 4.33.